The van der Waals surface area contributed by atoms with E-state index in [1.165, 1.54) is 19.1 Å². The third-order valence-electron chi connectivity index (χ3n) is 5.61. The Kier molecular flexibility index (Phi) is 3.79. The van der Waals surface area contributed by atoms with E-state index in [9.17, 15) is 4.79 Å². The molecule has 1 saturated carbocycles. The lowest BCUT2D eigenvalue weighted by atomic mass is 9.49. The second-order valence-corrected chi connectivity index (χ2v) is 6.51. The van der Waals surface area contributed by atoms with Gasteiger partial charge in [-0.3, -0.25) is 0 Å². The van der Waals surface area contributed by atoms with Gasteiger partial charge in [0.25, 0.3) is 0 Å². The van der Waals surface area contributed by atoms with Gasteiger partial charge in [0.1, 0.15) is 6.29 Å². The fraction of sp³-hybridized carbons (Fsp3) is 0.706. The second-order valence-electron chi connectivity index (χ2n) is 6.51. The van der Waals surface area contributed by atoms with Gasteiger partial charge in [0.2, 0.25) is 0 Å². The maximum absolute atomic E-state index is 11.9. The average molecular weight is 246 g/mol. The smallest absolute Gasteiger partial charge is 0.127 e. The molecule has 0 aromatic rings. The number of carbonyl (C=O) groups is 1. The van der Waals surface area contributed by atoms with Crippen molar-refractivity contribution in [3.63, 3.8) is 0 Å². The number of hydrogen-bond donors (Lipinski definition) is 0. The van der Waals surface area contributed by atoms with Crippen molar-refractivity contribution in [1.29, 1.82) is 0 Å². The van der Waals surface area contributed by atoms with E-state index in [4.69, 9.17) is 0 Å². The SMILES string of the molecule is C=CC1(C2(C=O)CC=CCC2)CCC(C)CC1C. The fourth-order valence-corrected chi connectivity index (χ4v) is 4.40. The van der Waals surface area contributed by atoms with Crippen LogP contribution in [0, 0.1) is 22.7 Å². The molecule has 0 spiro atoms. The number of aldehydes is 1. The van der Waals surface area contributed by atoms with Gasteiger partial charge in [0.05, 0.1) is 0 Å². The van der Waals surface area contributed by atoms with Crippen LogP contribution in [-0.4, -0.2) is 6.29 Å². The lowest BCUT2D eigenvalue weighted by molar-refractivity contribution is -0.128. The molecule has 0 aromatic carbocycles. The normalized spacial score (nSPS) is 44.6. The van der Waals surface area contributed by atoms with Crippen LogP contribution in [0.5, 0.6) is 0 Å². The zero-order valence-electron chi connectivity index (χ0n) is 11.8. The molecular formula is C17H26O. The summed E-state index contributed by atoms with van der Waals surface area (Å²) in [5.74, 6) is 1.35. The Bertz CT molecular complexity index is 357. The Labute approximate surface area is 111 Å². The van der Waals surface area contributed by atoms with Crippen LogP contribution in [0.1, 0.15) is 52.4 Å². The highest BCUT2D eigenvalue weighted by Gasteiger charge is 2.53. The molecule has 1 fully saturated rings. The Morgan fingerprint density at radius 1 is 1.28 bits per heavy atom. The largest absolute Gasteiger partial charge is 0.303 e. The molecule has 0 saturated heterocycles. The third-order valence-corrected chi connectivity index (χ3v) is 5.61. The molecule has 0 aliphatic heterocycles. The van der Waals surface area contributed by atoms with E-state index in [0.29, 0.717) is 5.92 Å². The Morgan fingerprint density at radius 3 is 2.56 bits per heavy atom. The van der Waals surface area contributed by atoms with Crippen LogP contribution in [0.3, 0.4) is 0 Å². The molecule has 2 aliphatic carbocycles. The summed E-state index contributed by atoms with van der Waals surface area (Å²) >= 11 is 0. The van der Waals surface area contributed by atoms with Crippen molar-refractivity contribution in [2.24, 2.45) is 22.7 Å². The van der Waals surface area contributed by atoms with Crippen LogP contribution in [-0.2, 0) is 4.79 Å². The Morgan fingerprint density at radius 2 is 2.06 bits per heavy atom. The number of hydrogen-bond acceptors (Lipinski definition) is 1. The summed E-state index contributed by atoms with van der Waals surface area (Å²) in [6, 6.07) is 0. The maximum Gasteiger partial charge on any atom is 0.127 e. The molecule has 0 radical (unpaired) electrons. The van der Waals surface area contributed by atoms with Gasteiger partial charge in [-0.05, 0) is 50.4 Å². The zero-order chi connectivity index (χ0) is 13.2. The standard InChI is InChI=1S/C17H26O/c1-4-17(11-8-14(2)12-15(17)3)16(13-18)9-6-5-7-10-16/h4-6,13-15H,1,7-12H2,2-3H3. The predicted octanol–water partition coefficient (Wildman–Crippen LogP) is 4.54. The highest BCUT2D eigenvalue weighted by molar-refractivity contribution is 5.63. The van der Waals surface area contributed by atoms with Gasteiger partial charge >= 0.3 is 0 Å². The quantitative estimate of drug-likeness (QED) is 0.528. The third kappa shape index (κ3) is 1.88. The number of rotatable bonds is 3. The van der Waals surface area contributed by atoms with Crippen LogP contribution in [0.25, 0.3) is 0 Å². The Hall–Kier alpha value is -0.850. The lowest BCUT2D eigenvalue weighted by Crippen LogP contribution is -2.49. The van der Waals surface area contributed by atoms with Crippen molar-refractivity contribution in [1.82, 2.24) is 0 Å². The van der Waals surface area contributed by atoms with Gasteiger partial charge < -0.3 is 4.79 Å². The van der Waals surface area contributed by atoms with E-state index < -0.39 is 0 Å². The molecule has 0 bridgehead atoms. The summed E-state index contributed by atoms with van der Waals surface area (Å²) in [5.41, 5.74) is -0.172. The number of allylic oxidation sites excluding steroid dienone is 3. The monoisotopic (exact) mass is 246 g/mol. The van der Waals surface area contributed by atoms with Gasteiger partial charge in [0.15, 0.2) is 0 Å². The van der Waals surface area contributed by atoms with Gasteiger partial charge in [-0.25, -0.2) is 0 Å². The molecule has 4 unspecified atom stereocenters. The van der Waals surface area contributed by atoms with Crippen molar-refractivity contribution < 1.29 is 4.79 Å². The highest BCUT2D eigenvalue weighted by Crippen LogP contribution is 2.58. The van der Waals surface area contributed by atoms with Crippen LogP contribution in [0.15, 0.2) is 24.8 Å². The molecule has 4 atom stereocenters. The maximum atomic E-state index is 11.9. The van der Waals surface area contributed by atoms with Crippen molar-refractivity contribution in [2.75, 3.05) is 0 Å². The molecule has 0 aromatic heterocycles. The molecular weight excluding hydrogens is 220 g/mol. The molecule has 18 heavy (non-hydrogen) atoms. The second kappa shape index (κ2) is 5.03. The highest BCUT2D eigenvalue weighted by atomic mass is 16.1. The van der Waals surface area contributed by atoms with Gasteiger partial charge in [-0.15, -0.1) is 6.58 Å². The fourth-order valence-electron chi connectivity index (χ4n) is 4.40. The van der Waals surface area contributed by atoms with E-state index in [1.54, 1.807) is 0 Å². The average Bonchev–Trinajstić information content (AvgIpc) is 2.40. The van der Waals surface area contributed by atoms with Crippen molar-refractivity contribution in [2.45, 2.75) is 52.4 Å². The van der Waals surface area contributed by atoms with Crippen LogP contribution >= 0.6 is 0 Å². The summed E-state index contributed by atoms with van der Waals surface area (Å²) in [7, 11) is 0. The van der Waals surface area contributed by atoms with Gasteiger partial charge in [-0.1, -0.05) is 32.1 Å². The van der Waals surface area contributed by atoms with Crippen LogP contribution in [0.2, 0.25) is 0 Å². The van der Waals surface area contributed by atoms with Gasteiger partial charge in [-0.2, -0.15) is 0 Å². The van der Waals surface area contributed by atoms with Crippen LogP contribution < -0.4 is 0 Å². The van der Waals surface area contributed by atoms with Crippen molar-refractivity contribution in [3.05, 3.63) is 24.8 Å². The minimum Gasteiger partial charge on any atom is -0.303 e. The predicted molar refractivity (Wildman–Crippen MR) is 76.3 cm³/mol. The summed E-state index contributed by atoms with van der Waals surface area (Å²) in [6.45, 7) is 8.77. The number of carbonyl (C=O) groups excluding carboxylic acids is 1. The summed E-state index contributed by atoms with van der Waals surface area (Å²) < 4.78 is 0. The lowest BCUT2D eigenvalue weighted by Gasteiger charge is -2.54. The van der Waals surface area contributed by atoms with Crippen molar-refractivity contribution in [3.8, 4) is 0 Å². The molecule has 0 N–H and O–H groups in total. The molecule has 100 valence electrons. The van der Waals surface area contributed by atoms with Gasteiger partial charge in [0, 0.05) is 10.8 Å². The van der Waals surface area contributed by atoms with E-state index in [-0.39, 0.29) is 10.8 Å². The molecule has 2 aliphatic rings. The first kappa shape index (κ1) is 13.6. The zero-order valence-corrected chi connectivity index (χ0v) is 11.8. The van der Waals surface area contributed by atoms with Crippen LogP contribution in [0.4, 0.5) is 0 Å². The Balaban J connectivity index is 2.38. The summed E-state index contributed by atoms with van der Waals surface area (Å²) in [4.78, 5) is 11.9. The van der Waals surface area contributed by atoms with E-state index in [0.717, 1.165) is 31.6 Å². The summed E-state index contributed by atoms with van der Waals surface area (Å²) in [6.07, 6.45) is 14.3. The van der Waals surface area contributed by atoms with Crippen molar-refractivity contribution >= 4 is 6.29 Å². The first-order valence-electron chi connectivity index (χ1n) is 7.35. The van der Waals surface area contributed by atoms with E-state index in [1.807, 2.05) is 0 Å². The van der Waals surface area contributed by atoms with E-state index >= 15 is 0 Å². The summed E-state index contributed by atoms with van der Waals surface area (Å²) in [5, 5.41) is 0. The molecule has 1 heteroatoms. The first-order chi connectivity index (χ1) is 8.60. The topological polar surface area (TPSA) is 17.1 Å². The minimum absolute atomic E-state index is 0.0199. The minimum atomic E-state index is -0.191. The molecule has 2 rings (SSSR count). The first-order valence-corrected chi connectivity index (χ1v) is 7.35. The van der Waals surface area contributed by atoms with E-state index in [2.05, 4.69) is 38.7 Å². The molecule has 1 nitrogen and oxygen atoms in total. The molecule has 0 amide bonds. The molecule has 0 heterocycles.